The first kappa shape index (κ1) is 22.1. The van der Waals surface area contributed by atoms with Crippen LogP contribution < -0.4 is 10.6 Å². The zero-order valence-electron chi connectivity index (χ0n) is 16.6. The summed E-state index contributed by atoms with van der Waals surface area (Å²) in [5.74, 6) is 2.86. The van der Waals surface area contributed by atoms with Crippen LogP contribution in [-0.2, 0) is 13.0 Å². The van der Waals surface area contributed by atoms with Gasteiger partial charge in [0.2, 0.25) is 0 Å². The molecule has 0 aliphatic carbocycles. The Kier molecular flexibility index (Phi) is 8.68. The molecular formula is C19H28IN7O. The molecule has 0 unspecified atom stereocenters. The van der Waals surface area contributed by atoms with Crippen LogP contribution >= 0.6 is 24.0 Å². The number of guanidine groups is 1. The van der Waals surface area contributed by atoms with Crippen molar-refractivity contribution in [1.82, 2.24) is 30.4 Å². The zero-order chi connectivity index (χ0) is 19.1. The molecule has 152 valence electrons. The van der Waals surface area contributed by atoms with Crippen molar-refractivity contribution in [3.8, 4) is 0 Å². The lowest BCUT2D eigenvalue weighted by Crippen LogP contribution is -2.37. The minimum Gasteiger partial charge on any atom is -0.359 e. The van der Waals surface area contributed by atoms with Gasteiger partial charge in [-0.1, -0.05) is 25.1 Å². The Morgan fingerprint density at radius 3 is 2.86 bits per heavy atom. The molecule has 0 atom stereocenters. The summed E-state index contributed by atoms with van der Waals surface area (Å²) in [6, 6.07) is 7.88. The molecule has 28 heavy (non-hydrogen) atoms. The van der Waals surface area contributed by atoms with Crippen molar-refractivity contribution in [2.75, 3.05) is 13.1 Å². The second-order valence-corrected chi connectivity index (χ2v) is 6.64. The number of hydrogen-bond acceptors (Lipinski definition) is 5. The standard InChI is InChI=1S/C19H27N7O.HI/c1-4-20-19(22-13-15-12-16(14(2)3)25-27-15)21-10-7-9-18-24-23-17-8-5-6-11-26(17)18;/h5-6,8,11-12,14H,4,7,9-10,13H2,1-3H3,(H2,20,21,22);1H. The maximum atomic E-state index is 5.34. The van der Waals surface area contributed by atoms with Crippen LogP contribution in [0.2, 0.25) is 0 Å². The predicted octanol–water partition coefficient (Wildman–Crippen LogP) is 3.15. The van der Waals surface area contributed by atoms with Crippen molar-refractivity contribution < 1.29 is 4.52 Å². The average Bonchev–Trinajstić information content (AvgIpc) is 3.30. The highest BCUT2D eigenvalue weighted by atomic mass is 127. The summed E-state index contributed by atoms with van der Waals surface area (Å²) < 4.78 is 7.36. The first-order valence-corrected chi connectivity index (χ1v) is 9.43. The smallest absolute Gasteiger partial charge is 0.191 e. The molecule has 3 aromatic heterocycles. The molecule has 0 amide bonds. The molecule has 3 rings (SSSR count). The van der Waals surface area contributed by atoms with E-state index in [4.69, 9.17) is 4.52 Å². The van der Waals surface area contributed by atoms with Crippen LogP contribution in [0.25, 0.3) is 5.65 Å². The summed E-state index contributed by atoms with van der Waals surface area (Å²) >= 11 is 0. The Morgan fingerprint density at radius 1 is 1.25 bits per heavy atom. The Labute approximate surface area is 182 Å². The largest absolute Gasteiger partial charge is 0.359 e. The maximum absolute atomic E-state index is 5.34. The second-order valence-electron chi connectivity index (χ2n) is 6.64. The van der Waals surface area contributed by atoms with Crippen LogP contribution in [0.15, 0.2) is 40.0 Å². The summed E-state index contributed by atoms with van der Waals surface area (Å²) in [6.07, 6.45) is 3.77. The Hall–Kier alpha value is -2.17. The predicted molar refractivity (Wildman–Crippen MR) is 120 cm³/mol. The normalized spacial score (nSPS) is 11.6. The first-order valence-electron chi connectivity index (χ1n) is 9.43. The van der Waals surface area contributed by atoms with E-state index in [0.29, 0.717) is 12.5 Å². The summed E-state index contributed by atoms with van der Waals surface area (Å²) in [5, 5.41) is 19.1. The highest BCUT2D eigenvalue weighted by molar-refractivity contribution is 14.0. The van der Waals surface area contributed by atoms with Gasteiger partial charge in [-0.15, -0.1) is 34.2 Å². The van der Waals surface area contributed by atoms with Crippen molar-refractivity contribution in [3.05, 3.63) is 47.7 Å². The van der Waals surface area contributed by atoms with Crippen molar-refractivity contribution >= 4 is 35.6 Å². The summed E-state index contributed by atoms with van der Waals surface area (Å²) in [7, 11) is 0. The van der Waals surface area contributed by atoms with E-state index in [0.717, 1.165) is 54.8 Å². The van der Waals surface area contributed by atoms with E-state index in [-0.39, 0.29) is 24.0 Å². The van der Waals surface area contributed by atoms with E-state index in [1.54, 1.807) is 0 Å². The van der Waals surface area contributed by atoms with Crippen LogP contribution in [0, 0.1) is 0 Å². The third-order valence-corrected chi connectivity index (χ3v) is 4.16. The third-order valence-electron chi connectivity index (χ3n) is 4.16. The van der Waals surface area contributed by atoms with Crippen LogP contribution in [0.5, 0.6) is 0 Å². The van der Waals surface area contributed by atoms with Gasteiger partial charge in [-0.3, -0.25) is 4.40 Å². The molecule has 3 aromatic rings. The third kappa shape index (κ3) is 5.91. The van der Waals surface area contributed by atoms with Crippen molar-refractivity contribution in [3.63, 3.8) is 0 Å². The van der Waals surface area contributed by atoms with E-state index < -0.39 is 0 Å². The number of aliphatic imine (C=N–C) groups is 1. The van der Waals surface area contributed by atoms with Crippen LogP contribution in [0.3, 0.4) is 0 Å². The number of aromatic nitrogens is 4. The fourth-order valence-electron chi connectivity index (χ4n) is 2.69. The molecule has 0 saturated heterocycles. The van der Waals surface area contributed by atoms with Crippen molar-refractivity contribution in [1.29, 1.82) is 0 Å². The minimum absolute atomic E-state index is 0. The SMILES string of the molecule is CCNC(=NCc1cc(C(C)C)no1)NCCCc1nnc2ccccn12.I. The molecule has 0 aromatic carbocycles. The van der Waals surface area contributed by atoms with Crippen LogP contribution in [-0.4, -0.2) is 38.8 Å². The van der Waals surface area contributed by atoms with Gasteiger partial charge in [-0.25, -0.2) is 4.99 Å². The van der Waals surface area contributed by atoms with Crippen LogP contribution in [0.4, 0.5) is 0 Å². The molecule has 0 radical (unpaired) electrons. The number of rotatable bonds is 8. The number of fused-ring (bicyclic) bond motifs is 1. The maximum Gasteiger partial charge on any atom is 0.191 e. The molecule has 0 aliphatic heterocycles. The highest BCUT2D eigenvalue weighted by Gasteiger charge is 2.08. The molecule has 2 N–H and O–H groups in total. The number of halogens is 1. The van der Waals surface area contributed by atoms with Crippen LogP contribution in [0.1, 0.15) is 50.4 Å². The summed E-state index contributed by atoms with van der Waals surface area (Å²) in [5.41, 5.74) is 1.84. The van der Waals surface area contributed by atoms with E-state index in [2.05, 4.69) is 44.8 Å². The molecule has 0 bridgehead atoms. The van der Waals surface area contributed by atoms with E-state index in [9.17, 15) is 0 Å². The van der Waals surface area contributed by atoms with Gasteiger partial charge in [-0.2, -0.15) is 0 Å². The number of aryl methyl sites for hydroxylation is 1. The molecular weight excluding hydrogens is 469 g/mol. The Morgan fingerprint density at radius 2 is 2.11 bits per heavy atom. The number of hydrogen-bond donors (Lipinski definition) is 2. The van der Waals surface area contributed by atoms with Gasteiger partial charge in [0.15, 0.2) is 17.4 Å². The van der Waals surface area contributed by atoms with Crippen molar-refractivity contribution in [2.45, 2.75) is 46.1 Å². The van der Waals surface area contributed by atoms with Gasteiger partial charge in [0.1, 0.15) is 12.4 Å². The lowest BCUT2D eigenvalue weighted by atomic mass is 10.1. The number of nitrogens with zero attached hydrogens (tertiary/aromatic N) is 5. The molecule has 0 fully saturated rings. The zero-order valence-corrected chi connectivity index (χ0v) is 18.9. The van der Waals surface area contributed by atoms with E-state index in [1.807, 2.05) is 41.8 Å². The molecule has 0 spiro atoms. The van der Waals surface area contributed by atoms with Gasteiger partial charge in [0.05, 0.1) is 5.69 Å². The van der Waals surface area contributed by atoms with Gasteiger partial charge in [-0.05, 0) is 31.4 Å². The fraction of sp³-hybridized carbons (Fsp3) is 0.474. The molecule has 3 heterocycles. The van der Waals surface area contributed by atoms with Gasteiger partial charge < -0.3 is 15.2 Å². The Bertz CT molecular complexity index is 887. The van der Waals surface area contributed by atoms with Gasteiger partial charge in [0, 0.05) is 31.8 Å². The minimum atomic E-state index is 0. The van der Waals surface area contributed by atoms with Crippen molar-refractivity contribution in [2.24, 2.45) is 4.99 Å². The topological polar surface area (TPSA) is 92.6 Å². The lowest BCUT2D eigenvalue weighted by molar-refractivity contribution is 0.376. The average molecular weight is 497 g/mol. The first-order chi connectivity index (χ1) is 13.2. The molecule has 0 aliphatic rings. The van der Waals surface area contributed by atoms with Gasteiger partial charge in [0.25, 0.3) is 0 Å². The van der Waals surface area contributed by atoms with Gasteiger partial charge >= 0.3 is 0 Å². The lowest BCUT2D eigenvalue weighted by Gasteiger charge is -2.10. The molecule has 0 saturated carbocycles. The fourth-order valence-corrected chi connectivity index (χ4v) is 2.69. The number of nitrogens with one attached hydrogen (secondary N) is 2. The molecule has 9 heteroatoms. The highest BCUT2D eigenvalue weighted by Crippen LogP contribution is 2.14. The summed E-state index contributed by atoms with van der Waals surface area (Å²) in [6.45, 7) is 8.29. The Balaban J connectivity index is 0.00000280. The molecule has 8 nitrogen and oxygen atoms in total. The summed E-state index contributed by atoms with van der Waals surface area (Å²) in [4.78, 5) is 4.57. The quantitative estimate of drug-likeness (QED) is 0.215. The van der Waals surface area contributed by atoms with E-state index in [1.165, 1.54) is 0 Å². The van der Waals surface area contributed by atoms with E-state index >= 15 is 0 Å². The second kappa shape index (κ2) is 11.0. The monoisotopic (exact) mass is 497 g/mol. The number of pyridine rings is 1.